The summed E-state index contributed by atoms with van der Waals surface area (Å²) in [4.78, 5) is 0.124. The van der Waals surface area contributed by atoms with Crippen molar-refractivity contribution in [1.82, 2.24) is 0 Å². The van der Waals surface area contributed by atoms with Crippen LogP contribution in [0.15, 0.2) is 12.2 Å². The van der Waals surface area contributed by atoms with Crippen LogP contribution in [-0.4, -0.2) is 4.87 Å². The molecule has 1 heteroatoms. The van der Waals surface area contributed by atoms with Gasteiger partial charge in [0.05, 0.1) is 0 Å². The average molecular weight is 229 g/mol. The lowest BCUT2D eigenvalue weighted by atomic mass is 9.88. The smallest absolute Gasteiger partial charge is 0.0450 e. The van der Waals surface area contributed by atoms with E-state index in [1.807, 2.05) is 0 Å². The van der Waals surface area contributed by atoms with E-state index in [9.17, 15) is 0 Å². The maximum atomic E-state index is 6.70. The van der Waals surface area contributed by atoms with Crippen LogP contribution in [-0.2, 0) is 0 Å². The number of halogens is 1. The Morgan fingerprint density at radius 1 is 1.07 bits per heavy atom. The lowest BCUT2D eigenvalue weighted by Crippen LogP contribution is -2.21. The van der Waals surface area contributed by atoms with Crippen LogP contribution >= 0.6 is 11.6 Å². The Hall–Kier alpha value is 0.0300. The number of unbranched alkanes of at least 4 members (excludes halogenated alkanes) is 3. The third-order valence-corrected chi connectivity index (χ3v) is 3.97. The summed E-state index contributed by atoms with van der Waals surface area (Å²) >= 11 is 6.70. The zero-order valence-corrected chi connectivity index (χ0v) is 10.9. The van der Waals surface area contributed by atoms with Gasteiger partial charge in [-0.25, -0.2) is 0 Å². The van der Waals surface area contributed by atoms with Gasteiger partial charge in [-0.2, -0.15) is 0 Å². The van der Waals surface area contributed by atoms with Gasteiger partial charge in [0.25, 0.3) is 0 Å². The largest absolute Gasteiger partial charge is 0.119 e. The standard InChI is InChI=1S/C14H25Cl/c1-2-3-4-8-11-14(15)12-9-6-5-7-10-13-14/h5-6H,2-4,7-13H2,1H3/b6-5-. The van der Waals surface area contributed by atoms with Gasteiger partial charge in [-0.1, -0.05) is 44.8 Å². The molecule has 1 aliphatic rings. The molecule has 0 aromatic carbocycles. The van der Waals surface area contributed by atoms with E-state index in [0.29, 0.717) is 0 Å². The number of hydrogen-bond acceptors (Lipinski definition) is 0. The molecule has 1 unspecified atom stereocenters. The molecule has 1 atom stereocenters. The summed E-state index contributed by atoms with van der Waals surface area (Å²) in [6, 6.07) is 0. The maximum absolute atomic E-state index is 6.70. The Morgan fingerprint density at radius 2 is 1.87 bits per heavy atom. The summed E-state index contributed by atoms with van der Waals surface area (Å²) in [7, 11) is 0. The highest BCUT2D eigenvalue weighted by Crippen LogP contribution is 2.35. The van der Waals surface area contributed by atoms with Gasteiger partial charge in [0.15, 0.2) is 0 Å². The van der Waals surface area contributed by atoms with E-state index in [4.69, 9.17) is 11.6 Å². The highest BCUT2D eigenvalue weighted by Gasteiger charge is 2.25. The van der Waals surface area contributed by atoms with Crippen molar-refractivity contribution < 1.29 is 0 Å². The summed E-state index contributed by atoms with van der Waals surface area (Å²) in [6.07, 6.45) is 17.3. The highest BCUT2D eigenvalue weighted by molar-refractivity contribution is 6.23. The summed E-state index contributed by atoms with van der Waals surface area (Å²) < 4.78 is 0. The Morgan fingerprint density at radius 3 is 2.67 bits per heavy atom. The first-order valence-corrected chi connectivity index (χ1v) is 6.98. The molecule has 0 aromatic rings. The third kappa shape index (κ3) is 5.61. The van der Waals surface area contributed by atoms with Crippen molar-refractivity contribution >= 4 is 11.6 Å². The van der Waals surface area contributed by atoms with Crippen molar-refractivity contribution in [1.29, 1.82) is 0 Å². The van der Waals surface area contributed by atoms with Crippen LogP contribution in [0, 0.1) is 0 Å². The van der Waals surface area contributed by atoms with E-state index in [1.54, 1.807) is 0 Å². The first kappa shape index (κ1) is 13.1. The van der Waals surface area contributed by atoms with Crippen LogP contribution < -0.4 is 0 Å². The predicted molar refractivity (Wildman–Crippen MR) is 69.6 cm³/mol. The van der Waals surface area contributed by atoms with Crippen LogP contribution in [0.1, 0.15) is 71.1 Å². The Bertz CT molecular complexity index is 186. The first-order valence-electron chi connectivity index (χ1n) is 6.61. The van der Waals surface area contributed by atoms with Gasteiger partial charge in [-0.15, -0.1) is 11.6 Å². The fraction of sp³-hybridized carbons (Fsp3) is 0.857. The van der Waals surface area contributed by atoms with Crippen LogP contribution in [0.3, 0.4) is 0 Å². The van der Waals surface area contributed by atoms with Gasteiger partial charge in [0.2, 0.25) is 0 Å². The van der Waals surface area contributed by atoms with Gasteiger partial charge < -0.3 is 0 Å². The second kappa shape index (κ2) is 7.33. The minimum absolute atomic E-state index is 0.124. The first-order chi connectivity index (χ1) is 7.27. The molecule has 15 heavy (non-hydrogen) atoms. The van der Waals surface area contributed by atoms with E-state index < -0.39 is 0 Å². The van der Waals surface area contributed by atoms with Gasteiger partial charge in [-0.3, -0.25) is 0 Å². The molecule has 1 rings (SSSR count). The van der Waals surface area contributed by atoms with Crippen molar-refractivity contribution in [2.45, 2.75) is 76.0 Å². The van der Waals surface area contributed by atoms with Crippen LogP contribution in [0.25, 0.3) is 0 Å². The Kier molecular flexibility index (Phi) is 6.40. The lowest BCUT2D eigenvalue weighted by Gasteiger charge is -2.27. The predicted octanol–water partition coefficient (Wildman–Crippen LogP) is 5.45. The topological polar surface area (TPSA) is 0 Å². The molecular weight excluding hydrogens is 204 g/mol. The quantitative estimate of drug-likeness (QED) is 0.333. The molecule has 0 amide bonds. The Labute approximate surface area is 100 Å². The van der Waals surface area contributed by atoms with E-state index in [-0.39, 0.29) is 4.87 Å². The monoisotopic (exact) mass is 228 g/mol. The Balaban J connectivity index is 2.25. The van der Waals surface area contributed by atoms with Crippen molar-refractivity contribution in [3.63, 3.8) is 0 Å². The molecule has 1 aliphatic carbocycles. The van der Waals surface area contributed by atoms with Crippen molar-refractivity contribution in [2.75, 3.05) is 0 Å². The van der Waals surface area contributed by atoms with Crippen LogP contribution in [0.5, 0.6) is 0 Å². The molecule has 0 fully saturated rings. The molecule has 0 nitrogen and oxygen atoms in total. The normalized spacial score (nSPS) is 29.5. The summed E-state index contributed by atoms with van der Waals surface area (Å²) in [5.41, 5.74) is 0. The molecule has 0 bridgehead atoms. The molecule has 0 spiro atoms. The molecule has 88 valence electrons. The average Bonchev–Trinajstić information content (AvgIpc) is 2.20. The molecule has 0 radical (unpaired) electrons. The van der Waals surface area contributed by atoms with Gasteiger partial charge in [-0.05, 0) is 38.5 Å². The summed E-state index contributed by atoms with van der Waals surface area (Å²) in [5.74, 6) is 0. The van der Waals surface area contributed by atoms with E-state index in [1.165, 1.54) is 64.2 Å². The minimum Gasteiger partial charge on any atom is -0.119 e. The minimum atomic E-state index is 0.124. The number of rotatable bonds is 5. The van der Waals surface area contributed by atoms with Gasteiger partial charge >= 0.3 is 0 Å². The highest BCUT2D eigenvalue weighted by atomic mass is 35.5. The molecule has 0 saturated heterocycles. The zero-order valence-electron chi connectivity index (χ0n) is 10.1. The number of hydrogen-bond donors (Lipinski definition) is 0. The van der Waals surface area contributed by atoms with Crippen LogP contribution in [0.2, 0.25) is 0 Å². The second-order valence-corrected chi connectivity index (χ2v) is 5.67. The molecule has 0 aromatic heterocycles. The summed E-state index contributed by atoms with van der Waals surface area (Å²) in [6.45, 7) is 2.26. The second-order valence-electron chi connectivity index (χ2n) is 4.86. The molecule has 0 heterocycles. The van der Waals surface area contributed by atoms with E-state index >= 15 is 0 Å². The lowest BCUT2D eigenvalue weighted by molar-refractivity contribution is 0.422. The fourth-order valence-corrected chi connectivity index (χ4v) is 2.73. The fourth-order valence-electron chi connectivity index (χ4n) is 2.36. The number of allylic oxidation sites excluding steroid dienone is 2. The zero-order chi connectivity index (χ0) is 11.0. The van der Waals surface area contributed by atoms with Crippen molar-refractivity contribution in [3.8, 4) is 0 Å². The molecule has 0 N–H and O–H groups in total. The van der Waals surface area contributed by atoms with Gasteiger partial charge in [0, 0.05) is 4.87 Å². The van der Waals surface area contributed by atoms with Gasteiger partial charge in [0.1, 0.15) is 0 Å². The molecule has 0 aliphatic heterocycles. The third-order valence-electron chi connectivity index (χ3n) is 3.40. The van der Waals surface area contributed by atoms with Crippen LogP contribution in [0.4, 0.5) is 0 Å². The van der Waals surface area contributed by atoms with E-state index in [0.717, 1.165) is 0 Å². The van der Waals surface area contributed by atoms with Crippen molar-refractivity contribution in [2.24, 2.45) is 0 Å². The number of alkyl halides is 1. The molecular formula is C14H25Cl. The van der Waals surface area contributed by atoms with Crippen molar-refractivity contribution in [3.05, 3.63) is 12.2 Å². The SMILES string of the molecule is CCCCCCC1(Cl)CC/C=C\CCC1. The van der Waals surface area contributed by atoms with E-state index in [2.05, 4.69) is 19.1 Å². The summed E-state index contributed by atoms with van der Waals surface area (Å²) in [5, 5.41) is 0. The maximum Gasteiger partial charge on any atom is 0.0450 e. The molecule has 0 saturated carbocycles.